The Labute approximate surface area is 151 Å². The number of carbonyl (C=O) groups excluding carboxylic acids is 2. The van der Waals surface area contributed by atoms with Crippen molar-refractivity contribution >= 4 is 29.1 Å². The first-order valence-corrected chi connectivity index (χ1v) is 8.59. The second-order valence-corrected chi connectivity index (χ2v) is 6.67. The van der Waals surface area contributed by atoms with E-state index in [9.17, 15) is 9.59 Å². The van der Waals surface area contributed by atoms with Crippen LogP contribution in [0, 0.1) is 5.92 Å². The SMILES string of the molecule is NC(=O)c1cccc(C(=O)NCC2CCN(c3ccc(Cl)cc3)C2)c1. The molecule has 0 saturated carbocycles. The average molecular weight is 358 g/mol. The molecule has 25 heavy (non-hydrogen) atoms. The molecule has 0 aromatic heterocycles. The number of hydrogen-bond donors (Lipinski definition) is 2. The number of nitrogens with zero attached hydrogens (tertiary/aromatic N) is 1. The lowest BCUT2D eigenvalue weighted by Crippen LogP contribution is -2.31. The van der Waals surface area contributed by atoms with Crippen molar-refractivity contribution in [1.82, 2.24) is 5.32 Å². The highest BCUT2D eigenvalue weighted by Gasteiger charge is 2.23. The van der Waals surface area contributed by atoms with Gasteiger partial charge in [-0.3, -0.25) is 9.59 Å². The molecular formula is C19H20ClN3O2. The zero-order valence-corrected chi connectivity index (χ0v) is 14.5. The number of carbonyl (C=O) groups is 2. The minimum atomic E-state index is -0.538. The van der Waals surface area contributed by atoms with Crippen LogP contribution in [0.15, 0.2) is 48.5 Å². The van der Waals surface area contributed by atoms with Crippen LogP contribution in [-0.4, -0.2) is 31.4 Å². The standard InChI is InChI=1S/C19H20ClN3O2/c20-16-4-6-17(7-5-16)23-9-8-13(12-23)11-22-19(25)15-3-1-2-14(10-15)18(21)24/h1-7,10,13H,8-9,11-12H2,(H2,21,24)(H,22,25). The van der Waals surface area contributed by atoms with Crippen LogP contribution in [0.1, 0.15) is 27.1 Å². The van der Waals surface area contributed by atoms with E-state index in [0.29, 0.717) is 23.6 Å². The number of benzene rings is 2. The second kappa shape index (κ2) is 7.57. The van der Waals surface area contributed by atoms with Gasteiger partial charge in [-0.1, -0.05) is 17.7 Å². The van der Waals surface area contributed by atoms with Crippen LogP contribution in [0.3, 0.4) is 0 Å². The van der Waals surface area contributed by atoms with Crippen molar-refractivity contribution < 1.29 is 9.59 Å². The van der Waals surface area contributed by atoms with Crippen molar-refractivity contribution in [2.75, 3.05) is 24.5 Å². The monoisotopic (exact) mass is 357 g/mol. The van der Waals surface area contributed by atoms with Gasteiger partial charge in [0.1, 0.15) is 0 Å². The Morgan fingerprint density at radius 3 is 2.60 bits per heavy atom. The molecule has 3 N–H and O–H groups in total. The van der Waals surface area contributed by atoms with E-state index in [1.54, 1.807) is 18.2 Å². The van der Waals surface area contributed by atoms with Crippen molar-refractivity contribution in [1.29, 1.82) is 0 Å². The quantitative estimate of drug-likeness (QED) is 0.863. The fourth-order valence-electron chi connectivity index (χ4n) is 3.04. The minimum absolute atomic E-state index is 0.187. The molecule has 130 valence electrons. The molecule has 3 rings (SSSR count). The summed E-state index contributed by atoms with van der Waals surface area (Å²) in [6.45, 7) is 2.45. The Balaban J connectivity index is 1.54. The number of rotatable bonds is 5. The predicted octanol–water partition coefficient (Wildman–Crippen LogP) is 2.70. The lowest BCUT2D eigenvalue weighted by atomic mass is 10.1. The van der Waals surface area contributed by atoms with E-state index < -0.39 is 5.91 Å². The molecule has 5 nitrogen and oxygen atoms in total. The van der Waals surface area contributed by atoms with E-state index in [-0.39, 0.29) is 5.91 Å². The molecule has 2 aromatic rings. The first-order valence-electron chi connectivity index (χ1n) is 8.21. The first kappa shape index (κ1) is 17.3. The molecule has 1 atom stereocenters. The van der Waals surface area contributed by atoms with E-state index in [4.69, 9.17) is 17.3 Å². The normalized spacial score (nSPS) is 16.7. The summed E-state index contributed by atoms with van der Waals surface area (Å²) in [7, 11) is 0. The molecule has 2 amide bonds. The van der Waals surface area contributed by atoms with E-state index in [0.717, 1.165) is 30.2 Å². The Morgan fingerprint density at radius 1 is 1.16 bits per heavy atom. The van der Waals surface area contributed by atoms with Crippen LogP contribution in [0.2, 0.25) is 5.02 Å². The summed E-state index contributed by atoms with van der Waals surface area (Å²) in [5, 5.41) is 3.68. The van der Waals surface area contributed by atoms with Crippen LogP contribution >= 0.6 is 11.6 Å². The maximum Gasteiger partial charge on any atom is 0.251 e. The molecule has 0 radical (unpaired) electrons. The van der Waals surface area contributed by atoms with Gasteiger partial charge in [-0.25, -0.2) is 0 Å². The van der Waals surface area contributed by atoms with Crippen molar-refractivity contribution in [2.45, 2.75) is 6.42 Å². The third-order valence-electron chi connectivity index (χ3n) is 4.44. The smallest absolute Gasteiger partial charge is 0.251 e. The minimum Gasteiger partial charge on any atom is -0.371 e. The van der Waals surface area contributed by atoms with Gasteiger partial charge in [0.15, 0.2) is 0 Å². The van der Waals surface area contributed by atoms with Gasteiger partial charge in [0.25, 0.3) is 5.91 Å². The largest absolute Gasteiger partial charge is 0.371 e. The lowest BCUT2D eigenvalue weighted by molar-refractivity contribution is 0.0948. The molecule has 1 fully saturated rings. The molecule has 1 aliphatic heterocycles. The zero-order valence-electron chi connectivity index (χ0n) is 13.7. The van der Waals surface area contributed by atoms with Gasteiger partial charge in [0, 0.05) is 41.5 Å². The summed E-state index contributed by atoms with van der Waals surface area (Å²) < 4.78 is 0. The fraction of sp³-hybridized carbons (Fsp3) is 0.263. The Bertz CT molecular complexity index is 776. The summed E-state index contributed by atoms with van der Waals surface area (Å²) >= 11 is 5.93. The molecule has 0 spiro atoms. The van der Waals surface area contributed by atoms with Crippen LogP contribution < -0.4 is 16.0 Å². The third kappa shape index (κ3) is 4.31. The van der Waals surface area contributed by atoms with Crippen molar-refractivity contribution in [3.8, 4) is 0 Å². The summed E-state index contributed by atoms with van der Waals surface area (Å²) in [6, 6.07) is 14.3. The highest BCUT2D eigenvalue weighted by Crippen LogP contribution is 2.24. The van der Waals surface area contributed by atoms with Crippen LogP contribution in [-0.2, 0) is 0 Å². The highest BCUT2D eigenvalue weighted by atomic mass is 35.5. The second-order valence-electron chi connectivity index (χ2n) is 6.23. The van der Waals surface area contributed by atoms with Crippen molar-refractivity contribution in [3.05, 3.63) is 64.7 Å². The van der Waals surface area contributed by atoms with E-state index in [1.807, 2.05) is 24.3 Å². The van der Waals surface area contributed by atoms with Crippen molar-refractivity contribution in [3.63, 3.8) is 0 Å². The molecule has 2 aromatic carbocycles. The average Bonchev–Trinajstić information content (AvgIpc) is 3.09. The summed E-state index contributed by atoms with van der Waals surface area (Å²) in [5.74, 6) is -0.337. The number of hydrogen-bond acceptors (Lipinski definition) is 3. The first-order chi connectivity index (χ1) is 12.0. The molecule has 1 unspecified atom stereocenters. The molecule has 1 saturated heterocycles. The van der Waals surface area contributed by atoms with Crippen LogP contribution in [0.25, 0.3) is 0 Å². The number of halogens is 1. The Hall–Kier alpha value is -2.53. The summed E-state index contributed by atoms with van der Waals surface area (Å²) in [6.07, 6.45) is 1.02. The number of amides is 2. The van der Waals surface area contributed by atoms with Gasteiger partial charge >= 0.3 is 0 Å². The number of anilines is 1. The zero-order chi connectivity index (χ0) is 17.8. The van der Waals surface area contributed by atoms with Gasteiger partial charge in [-0.05, 0) is 54.8 Å². The van der Waals surface area contributed by atoms with Gasteiger partial charge in [-0.2, -0.15) is 0 Å². The van der Waals surface area contributed by atoms with Gasteiger partial charge in [-0.15, -0.1) is 0 Å². The summed E-state index contributed by atoms with van der Waals surface area (Å²) in [5.41, 5.74) is 7.18. The molecule has 1 aliphatic rings. The fourth-order valence-corrected chi connectivity index (χ4v) is 3.16. The van der Waals surface area contributed by atoms with E-state index in [2.05, 4.69) is 10.2 Å². The Morgan fingerprint density at radius 2 is 1.88 bits per heavy atom. The summed E-state index contributed by atoms with van der Waals surface area (Å²) in [4.78, 5) is 25.8. The molecule has 0 bridgehead atoms. The van der Waals surface area contributed by atoms with E-state index >= 15 is 0 Å². The maximum atomic E-state index is 12.3. The Kier molecular flexibility index (Phi) is 5.24. The number of nitrogens with one attached hydrogen (secondary N) is 1. The van der Waals surface area contributed by atoms with Crippen LogP contribution in [0.5, 0.6) is 0 Å². The molecule has 0 aliphatic carbocycles. The molecule has 1 heterocycles. The van der Waals surface area contributed by atoms with Crippen molar-refractivity contribution in [2.24, 2.45) is 11.7 Å². The topological polar surface area (TPSA) is 75.4 Å². The number of primary amides is 1. The maximum absolute atomic E-state index is 12.3. The van der Waals surface area contributed by atoms with Gasteiger partial charge < -0.3 is 16.0 Å². The lowest BCUT2D eigenvalue weighted by Gasteiger charge is -2.19. The third-order valence-corrected chi connectivity index (χ3v) is 4.69. The molecule has 6 heteroatoms. The molecular weight excluding hydrogens is 338 g/mol. The highest BCUT2D eigenvalue weighted by molar-refractivity contribution is 6.30. The predicted molar refractivity (Wildman–Crippen MR) is 99.1 cm³/mol. The van der Waals surface area contributed by atoms with E-state index in [1.165, 1.54) is 6.07 Å². The number of nitrogens with two attached hydrogens (primary N) is 1. The van der Waals surface area contributed by atoms with Gasteiger partial charge in [0.2, 0.25) is 5.91 Å². The van der Waals surface area contributed by atoms with Gasteiger partial charge in [0.05, 0.1) is 0 Å². The van der Waals surface area contributed by atoms with Crippen LogP contribution in [0.4, 0.5) is 5.69 Å².